The van der Waals surface area contributed by atoms with E-state index < -0.39 is 0 Å². The van der Waals surface area contributed by atoms with Gasteiger partial charge in [0.1, 0.15) is 0 Å². The standard InChI is InChI=1S/C18H36N2O3/c1-15-5-3-7-19(17(15)13-21)9-11-23-12-10-20-8-4-6-16(2)18(20)14-22/h15-18,21-22H,3-14H2,1-2H3. The van der Waals surface area contributed by atoms with Gasteiger partial charge in [-0.15, -0.1) is 0 Å². The third-order valence-electron chi connectivity index (χ3n) is 5.88. The van der Waals surface area contributed by atoms with Crippen LogP contribution in [-0.2, 0) is 4.74 Å². The molecule has 0 bridgehead atoms. The second-order valence-corrected chi connectivity index (χ2v) is 7.42. The van der Waals surface area contributed by atoms with Crippen molar-refractivity contribution in [2.24, 2.45) is 11.8 Å². The molecule has 2 aliphatic rings. The summed E-state index contributed by atoms with van der Waals surface area (Å²) in [5.41, 5.74) is 0. The lowest BCUT2D eigenvalue weighted by Crippen LogP contribution is -2.48. The van der Waals surface area contributed by atoms with Crippen molar-refractivity contribution in [3.05, 3.63) is 0 Å². The SMILES string of the molecule is CC1CCCN(CCOCCN2CCCC(C)C2CO)C1CO. The Bertz CT molecular complexity index is 299. The molecule has 5 heteroatoms. The van der Waals surface area contributed by atoms with Gasteiger partial charge >= 0.3 is 0 Å². The van der Waals surface area contributed by atoms with Gasteiger partial charge in [-0.3, -0.25) is 9.80 Å². The van der Waals surface area contributed by atoms with Crippen LogP contribution >= 0.6 is 0 Å². The van der Waals surface area contributed by atoms with Gasteiger partial charge < -0.3 is 14.9 Å². The molecule has 2 rings (SSSR count). The summed E-state index contributed by atoms with van der Waals surface area (Å²) >= 11 is 0. The van der Waals surface area contributed by atoms with Crippen molar-refractivity contribution in [2.45, 2.75) is 51.6 Å². The molecule has 2 fully saturated rings. The van der Waals surface area contributed by atoms with Gasteiger partial charge in [0.15, 0.2) is 0 Å². The van der Waals surface area contributed by atoms with Gasteiger partial charge in [0.25, 0.3) is 0 Å². The monoisotopic (exact) mass is 328 g/mol. The average Bonchev–Trinajstić information content (AvgIpc) is 2.55. The van der Waals surface area contributed by atoms with Gasteiger partial charge in [-0.1, -0.05) is 13.8 Å². The molecule has 5 nitrogen and oxygen atoms in total. The molecule has 2 aliphatic heterocycles. The highest BCUT2D eigenvalue weighted by Gasteiger charge is 2.28. The third kappa shape index (κ3) is 5.40. The fourth-order valence-corrected chi connectivity index (χ4v) is 4.28. The van der Waals surface area contributed by atoms with Gasteiger partial charge in [-0.25, -0.2) is 0 Å². The molecule has 2 heterocycles. The molecular formula is C18H36N2O3. The van der Waals surface area contributed by atoms with E-state index in [1.807, 2.05) is 0 Å². The minimum atomic E-state index is 0.255. The van der Waals surface area contributed by atoms with Crippen LogP contribution in [0.15, 0.2) is 0 Å². The van der Waals surface area contributed by atoms with E-state index in [9.17, 15) is 10.2 Å². The molecule has 0 amide bonds. The van der Waals surface area contributed by atoms with Gasteiger partial charge in [0.2, 0.25) is 0 Å². The van der Waals surface area contributed by atoms with Crippen LogP contribution in [-0.4, -0.2) is 84.7 Å². The maximum Gasteiger partial charge on any atom is 0.0594 e. The molecule has 0 aromatic carbocycles. The number of hydrogen-bond acceptors (Lipinski definition) is 5. The van der Waals surface area contributed by atoms with Crippen molar-refractivity contribution in [3.63, 3.8) is 0 Å². The number of ether oxygens (including phenoxy) is 1. The summed E-state index contributed by atoms with van der Waals surface area (Å²) in [4.78, 5) is 4.77. The lowest BCUT2D eigenvalue weighted by Gasteiger charge is -2.39. The van der Waals surface area contributed by atoms with Gasteiger partial charge in [-0.2, -0.15) is 0 Å². The summed E-state index contributed by atoms with van der Waals surface area (Å²) in [6.07, 6.45) is 4.89. The fraction of sp³-hybridized carbons (Fsp3) is 1.00. The van der Waals surface area contributed by atoms with E-state index in [1.165, 1.54) is 25.7 Å². The van der Waals surface area contributed by atoms with Crippen molar-refractivity contribution >= 4 is 0 Å². The lowest BCUT2D eigenvalue weighted by molar-refractivity contribution is 0.00463. The van der Waals surface area contributed by atoms with E-state index in [0.29, 0.717) is 23.9 Å². The molecule has 23 heavy (non-hydrogen) atoms. The minimum absolute atomic E-state index is 0.255. The highest BCUT2D eigenvalue weighted by Crippen LogP contribution is 2.23. The predicted molar refractivity (Wildman–Crippen MR) is 92.5 cm³/mol. The fourth-order valence-electron chi connectivity index (χ4n) is 4.28. The Hall–Kier alpha value is -0.200. The molecule has 0 saturated carbocycles. The van der Waals surface area contributed by atoms with E-state index in [0.717, 1.165) is 39.4 Å². The van der Waals surface area contributed by atoms with E-state index in [-0.39, 0.29) is 13.2 Å². The Morgan fingerprint density at radius 2 is 1.26 bits per heavy atom. The smallest absolute Gasteiger partial charge is 0.0594 e. The largest absolute Gasteiger partial charge is 0.395 e. The quantitative estimate of drug-likeness (QED) is 0.656. The number of aliphatic hydroxyl groups excluding tert-OH is 2. The third-order valence-corrected chi connectivity index (χ3v) is 5.88. The Morgan fingerprint density at radius 3 is 1.65 bits per heavy atom. The van der Waals surface area contributed by atoms with Gasteiger partial charge in [0, 0.05) is 25.2 Å². The zero-order valence-corrected chi connectivity index (χ0v) is 15.0. The number of aliphatic hydroxyl groups is 2. The second-order valence-electron chi connectivity index (χ2n) is 7.42. The summed E-state index contributed by atoms with van der Waals surface area (Å²) in [5.74, 6) is 1.16. The van der Waals surface area contributed by atoms with Crippen molar-refractivity contribution in [1.29, 1.82) is 0 Å². The first-order valence-electron chi connectivity index (χ1n) is 9.45. The van der Waals surface area contributed by atoms with E-state index in [4.69, 9.17) is 4.74 Å². The molecule has 0 aromatic heterocycles. The topological polar surface area (TPSA) is 56.2 Å². The minimum Gasteiger partial charge on any atom is -0.395 e. The Labute approximate surface area is 141 Å². The summed E-state index contributed by atoms with van der Waals surface area (Å²) < 4.78 is 5.85. The van der Waals surface area contributed by atoms with Crippen molar-refractivity contribution in [3.8, 4) is 0 Å². The predicted octanol–water partition coefficient (Wildman–Crippen LogP) is 1.19. The summed E-state index contributed by atoms with van der Waals surface area (Å²) in [7, 11) is 0. The van der Waals surface area contributed by atoms with E-state index in [2.05, 4.69) is 23.6 Å². The van der Waals surface area contributed by atoms with Crippen LogP contribution in [0.1, 0.15) is 39.5 Å². The molecule has 0 radical (unpaired) electrons. The first-order chi connectivity index (χ1) is 11.2. The average molecular weight is 328 g/mol. The second kappa shape index (κ2) is 9.94. The van der Waals surface area contributed by atoms with Crippen LogP contribution < -0.4 is 0 Å². The molecule has 0 spiro atoms. The zero-order valence-electron chi connectivity index (χ0n) is 15.0. The van der Waals surface area contributed by atoms with Crippen LogP contribution in [0.3, 0.4) is 0 Å². The van der Waals surface area contributed by atoms with Crippen molar-refractivity contribution in [2.75, 3.05) is 52.6 Å². The number of likely N-dealkylation sites (tertiary alicyclic amines) is 2. The van der Waals surface area contributed by atoms with Crippen LogP contribution in [0.4, 0.5) is 0 Å². The summed E-state index contributed by atoms with van der Waals surface area (Å²) in [5, 5.41) is 19.1. The Kier molecular flexibility index (Phi) is 8.27. The van der Waals surface area contributed by atoms with Crippen LogP contribution in [0, 0.1) is 11.8 Å². The molecule has 136 valence electrons. The highest BCUT2D eigenvalue weighted by molar-refractivity contribution is 4.82. The van der Waals surface area contributed by atoms with Crippen LogP contribution in [0.25, 0.3) is 0 Å². The molecular weight excluding hydrogens is 292 g/mol. The zero-order chi connectivity index (χ0) is 16.7. The summed E-state index contributed by atoms with van der Waals surface area (Å²) in [6.45, 7) is 10.4. The van der Waals surface area contributed by atoms with Gasteiger partial charge in [-0.05, 0) is 50.6 Å². The number of nitrogens with zero attached hydrogens (tertiary/aromatic N) is 2. The maximum atomic E-state index is 9.57. The van der Waals surface area contributed by atoms with E-state index >= 15 is 0 Å². The van der Waals surface area contributed by atoms with Gasteiger partial charge in [0.05, 0.1) is 26.4 Å². The normalized spacial score (nSPS) is 33.9. The highest BCUT2D eigenvalue weighted by atomic mass is 16.5. The lowest BCUT2D eigenvalue weighted by atomic mass is 9.91. The molecule has 2 saturated heterocycles. The molecule has 2 N–H and O–H groups in total. The Balaban J connectivity index is 1.63. The number of rotatable bonds is 8. The summed E-state index contributed by atoms with van der Waals surface area (Å²) in [6, 6.07) is 0.600. The van der Waals surface area contributed by atoms with E-state index in [1.54, 1.807) is 0 Å². The molecule has 4 atom stereocenters. The maximum absolute atomic E-state index is 9.57. The Morgan fingerprint density at radius 1 is 0.826 bits per heavy atom. The van der Waals surface area contributed by atoms with Crippen molar-refractivity contribution < 1.29 is 14.9 Å². The first-order valence-corrected chi connectivity index (χ1v) is 9.45. The molecule has 4 unspecified atom stereocenters. The molecule has 0 aliphatic carbocycles. The number of piperidine rings is 2. The number of hydrogen-bond donors (Lipinski definition) is 2. The first kappa shape index (κ1) is 19.1. The molecule has 0 aromatic rings. The van der Waals surface area contributed by atoms with Crippen LogP contribution in [0.2, 0.25) is 0 Å². The van der Waals surface area contributed by atoms with Crippen molar-refractivity contribution in [1.82, 2.24) is 9.80 Å². The van der Waals surface area contributed by atoms with Crippen LogP contribution in [0.5, 0.6) is 0 Å².